The Hall–Kier alpha value is -1.10. The van der Waals surface area contributed by atoms with Gasteiger partial charge in [0.2, 0.25) is 11.8 Å². The van der Waals surface area contributed by atoms with Gasteiger partial charge in [-0.05, 0) is 12.3 Å². The van der Waals surface area contributed by atoms with Crippen LogP contribution in [0.25, 0.3) is 0 Å². The van der Waals surface area contributed by atoms with Crippen LogP contribution in [0.4, 0.5) is 0 Å². The maximum absolute atomic E-state index is 11.9. The molecule has 3 N–H and O–H groups in total. The van der Waals surface area contributed by atoms with Crippen LogP contribution < -0.4 is 11.1 Å². The van der Waals surface area contributed by atoms with Gasteiger partial charge < -0.3 is 16.0 Å². The van der Waals surface area contributed by atoms with E-state index in [9.17, 15) is 9.59 Å². The number of nitrogens with zero attached hydrogens (tertiary/aromatic N) is 1. The number of nitrogens with two attached hydrogens (primary N) is 1. The van der Waals surface area contributed by atoms with E-state index in [1.165, 1.54) is 6.92 Å². The number of rotatable bonds is 3. The zero-order valence-electron chi connectivity index (χ0n) is 10.2. The molecule has 0 radical (unpaired) electrons. The summed E-state index contributed by atoms with van der Waals surface area (Å²) < 4.78 is 0. The lowest BCUT2D eigenvalue weighted by Crippen LogP contribution is -2.46. The second-order valence-corrected chi connectivity index (χ2v) is 4.74. The molecule has 1 aliphatic rings. The molecule has 0 aromatic carbocycles. The zero-order chi connectivity index (χ0) is 12.3. The molecule has 1 saturated heterocycles. The lowest BCUT2D eigenvalue weighted by atomic mass is 10.0. The van der Waals surface area contributed by atoms with Gasteiger partial charge in [-0.15, -0.1) is 0 Å². The Morgan fingerprint density at radius 2 is 2.06 bits per heavy atom. The summed E-state index contributed by atoms with van der Waals surface area (Å²) in [5.41, 5.74) is 5.81. The number of carbonyl (C=O) groups excluding carboxylic acids is 2. The van der Waals surface area contributed by atoms with Crippen molar-refractivity contribution in [2.24, 2.45) is 11.7 Å². The lowest BCUT2D eigenvalue weighted by molar-refractivity contribution is -0.132. The van der Waals surface area contributed by atoms with Gasteiger partial charge in [0, 0.05) is 26.1 Å². The molecule has 1 heterocycles. The Labute approximate surface area is 96.4 Å². The molecule has 0 aliphatic carbocycles. The van der Waals surface area contributed by atoms with E-state index in [0.717, 1.165) is 6.42 Å². The fourth-order valence-corrected chi connectivity index (χ4v) is 1.86. The Kier molecular flexibility index (Phi) is 4.29. The fourth-order valence-electron chi connectivity index (χ4n) is 1.86. The minimum Gasteiger partial charge on any atom is -0.352 e. The standard InChI is InChI=1S/C11H21N3O2/c1-7(2)10(12)11(16)14-5-4-9(6-14)13-8(3)15/h7,9-10H,4-6,12H2,1-3H3,(H,13,15)/t9?,10-/m0/s1. The van der Waals surface area contributed by atoms with Crippen molar-refractivity contribution in [3.05, 3.63) is 0 Å². The number of hydrogen-bond donors (Lipinski definition) is 2. The Balaban J connectivity index is 2.46. The van der Waals surface area contributed by atoms with Gasteiger partial charge in [0.15, 0.2) is 0 Å². The van der Waals surface area contributed by atoms with Crippen LogP contribution in [0.15, 0.2) is 0 Å². The van der Waals surface area contributed by atoms with Crippen LogP contribution in [0.2, 0.25) is 0 Å². The summed E-state index contributed by atoms with van der Waals surface area (Å²) in [6.45, 7) is 6.63. The molecule has 5 nitrogen and oxygen atoms in total. The molecule has 0 bridgehead atoms. The van der Waals surface area contributed by atoms with Crippen LogP contribution in [-0.4, -0.2) is 41.9 Å². The Morgan fingerprint density at radius 3 is 2.56 bits per heavy atom. The van der Waals surface area contributed by atoms with Gasteiger partial charge in [0.05, 0.1) is 6.04 Å². The second kappa shape index (κ2) is 5.30. The molecule has 1 aliphatic heterocycles. The monoisotopic (exact) mass is 227 g/mol. The van der Waals surface area contributed by atoms with Crippen molar-refractivity contribution in [1.29, 1.82) is 0 Å². The normalized spacial score (nSPS) is 22.3. The zero-order valence-corrected chi connectivity index (χ0v) is 10.2. The van der Waals surface area contributed by atoms with Crippen molar-refractivity contribution in [3.8, 4) is 0 Å². The average Bonchev–Trinajstić information content (AvgIpc) is 2.62. The highest BCUT2D eigenvalue weighted by Crippen LogP contribution is 2.12. The molecule has 0 aromatic heterocycles. The van der Waals surface area contributed by atoms with Gasteiger partial charge in [0.25, 0.3) is 0 Å². The first-order valence-corrected chi connectivity index (χ1v) is 5.73. The second-order valence-electron chi connectivity index (χ2n) is 4.74. The SMILES string of the molecule is CC(=O)NC1CCN(C(=O)[C@@H](N)C(C)C)C1. The van der Waals surface area contributed by atoms with Gasteiger partial charge in [0.1, 0.15) is 0 Å². The van der Waals surface area contributed by atoms with E-state index in [0.29, 0.717) is 13.1 Å². The van der Waals surface area contributed by atoms with Crippen molar-refractivity contribution in [2.75, 3.05) is 13.1 Å². The quantitative estimate of drug-likeness (QED) is 0.695. The summed E-state index contributed by atoms with van der Waals surface area (Å²) in [6.07, 6.45) is 0.816. The summed E-state index contributed by atoms with van der Waals surface area (Å²) in [7, 11) is 0. The molecule has 92 valence electrons. The fraction of sp³-hybridized carbons (Fsp3) is 0.818. The molecule has 16 heavy (non-hydrogen) atoms. The highest BCUT2D eigenvalue weighted by atomic mass is 16.2. The van der Waals surface area contributed by atoms with E-state index in [1.54, 1.807) is 4.90 Å². The number of carbonyl (C=O) groups is 2. The van der Waals surface area contributed by atoms with Crippen molar-refractivity contribution >= 4 is 11.8 Å². The Bertz CT molecular complexity index is 278. The van der Waals surface area contributed by atoms with Gasteiger partial charge in [-0.2, -0.15) is 0 Å². The average molecular weight is 227 g/mol. The lowest BCUT2D eigenvalue weighted by Gasteiger charge is -2.23. The van der Waals surface area contributed by atoms with Gasteiger partial charge in [-0.3, -0.25) is 9.59 Å². The largest absolute Gasteiger partial charge is 0.352 e. The summed E-state index contributed by atoms with van der Waals surface area (Å²) in [5.74, 6) is 0.0858. The van der Waals surface area contributed by atoms with Crippen molar-refractivity contribution in [3.63, 3.8) is 0 Å². The molecular weight excluding hydrogens is 206 g/mol. The summed E-state index contributed by atoms with van der Waals surface area (Å²) in [5, 5.41) is 2.82. The molecular formula is C11H21N3O2. The summed E-state index contributed by atoms with van der Waals surface area (Å²) in [4.78, 5) is 24.5. The highest BCUT2D eigenvalue weighted by molar-refractivity contribution is 5.82. The molecule has 2 atom stereocenters. The summed E-state index contributed by atoms with van der Waals surface area (Å²) in [6, 6.07) is -0.350. The molecule has 0 saturated carbocycles. The summed E-state index contributed by atoms with van der Waals surface area (Å²) >= 11 is 0. The van der Waals surface area contributed by atoms with Crippen LogP contribution in [0.1, 0.15) is 27.2 Å². The van der Waals surface area contributed by atoms with E-state index < -0.39 is 6.04 Å². The van der Waals surface area contributed by atoms with E-state index in [2.05, 4.69) is 5.32 Å². The smallest absolute Gasteiger partial charge is 0.239 e. The number of amides is 2. The predicted molar refractivity (Wildman–Crippen MR) is 61.6 cm³/mol. The maximum atomic E-state index is 11.9. The molecule has 1 rings (SSSR count). The topological polar surface area (TPSA) is 75.4 Å². The minimum absolute atomic E-state index is 0.0112. The number of nitrogens with one attached hydrogen (secondary N) is 1. The Morgan fingerprint density at radius 1 is 1.44 bits per heavy atom. The molecule has 2 amide bonds. The van der Waals surface area contributed by atoms with Crippen molar-refractivity contribution in [2.45, 2.75) is 39.3 Å². The van der Waals surface area contributed by atoms with Gasteiger partial charge >= 0.3 is 0 Å². The number of likely N-dealkylation sites (tertiary alicyclic amines) is 1. The van der Waals surface area contributed by atoms with E-state index in [-0.39, 0.29) is 23.8 Å². The first-order valence-electron chi connectivity index (χ1n) is 5.73. The van der Waals surface area contributed by atoms with Crippen LogP contribution in [-0.2, 0) is 9.59 Å². The van der Waals surface area contributed by atoms with E-state index in [1.807, 2.05) is 13.8 Å². The third-order valence-corrected chi connectivity index (χ3v) is 2.91. The van der Waals surface area contributed by atoms with E-state index in [4.69, 9.17) is 5.73 Å². The van der Waals surface area contributed by atoms with Crippen molar-refractivity contribution in [1.82, 2.24) is 10.2 Å². The van der Waals surface area contributed by atoms with Gasteiger partial charge in [-0.25, -0.2) is 0 Å². The third-order valence-electron chi connectivity index (χ3n) is 2.91. The molecule has 1 unspecified atom stereocenters. The van der Waals surface area contributed by atoms with Crippen LogP contribution >= 0.6 is 0 Å². The molecule has 0 spiro atoms. The first kappa shape index (κ1) is 13.0. The molecule has 0 aromatic rings. The van der Waals surface area contributed by atoms with Crippen LogP contribution in [0.3, 0.4) is 0 Å². The first-order chi connectivity index (χ1) is 7.41. The molecule has 5 heteroatoms. The van der Waals surface area contributed by atoms with E-state index >= 15 is 0 Å². The van der Waals surface area contributed by atoms with Crippen molar-refractivity contribution < 1.29 is 9.59 Å². The van der Waals surface area contributed by atoms with Crippen LogP contribution in [0, 0.1) is 5.92 Å². The maximum Gasteiger partial charge on any atom is 0.239 e. The van der Waals surface area contributed by atoms with Gasteiger partial charge in [-0.1, -0.05) is 13.8 Å². The van der Waals surface area contributed by atoms with Crippen LogP contribution in [0.5, 0.6) is 0 Å². The predicted octanol–water partition coefficient (Wildman–Crippen LogP) is -0.293. The highest BCUT2D eigenvalue weighted by Gasteiger charge is 2.30. The minimum atomic E-state index is -0.434. The number of hydrogen-bond acceptors (Lipinski definition) is 3. The molecule has 1 fully saturated rings. The third kappa shape index (κ3) is 3.20.